The molecule has 4 N–H and O–H groups in total. The van der Waals surface area contributed by atoms with Gasteiger partial charge in [-0.25, -0.2) is 0 Å². The van der Waals surface area contributed by atoms with Crippen molar-refractivity contribution in [1.29, 1.82) is 0 Å². The number of benzene rings is 2. The molecule has 11 heteroatoms. The number of hydrogen-bond acceptors (Lipinski definition) is 5. The smallest absolute Gasteiger partial charge is 0.305 e. The first-order valence-corrected chi connectivity index (χ1v) is 11.6. The molecule has 188 valence electrons. The highest BCUT2D eigenvalue weighted by atomic mass is 35.5. The normalized spacial score (nSPS) is 12.5. The number of carbonyl (C=O) groups excluding carboxylic acids is 4. The van der Waals surface area contributed by atoms with Crippen molar-refractivity contribution in [2.75, 3.05) is 12.4 Å². The first-order chi connectivity index (χ1) is 16.5. The van der Waals surface area contributed by atoms with E-state index >= 15 is 0 Å². The molecule has 2 aromatic carbocycles. The van der Waals surface area contributed by atoms with E-state index in [1.807, 2.05) is 30.3 Å². The number of nitrogens with zero attached hydrogens (tertiary/aromatic N) is 1. The number of fused-ring (bicyclic) bond motifs is 1. The van der Waals surface area contributed by atoms with Crippen LogP contribution in [0, 0.1) is 5.92 Å². The van der Waals surface area contributed by atoms with E-state index in [4.69, 9.17) is 16.7 Å². The van der Waals surface area contributed by atoms with Crippen molar-refractivity contribution in [2.24, 2.45) is 5.92 Å². The van der Waals surface area contributed by atoms with Gasteiger partial charge >= 0.3 is 5.97 Å². The zero-order chi connectivity index (χ0) is 26.1. The molecule has 2 aromatic rings. The van der Waals surface area contributed by atoms with Crippen LogP contribution in [0.15, 0.2) is 42.5 Å². The van der Waals surface area contributed by atoms with Crippen LogP contribution in [-0.2, 0) is 19.2 Å². The number of carboxylic acid groups (broad SMARTS) is 1. The number of halogens is 1. The Labute approximate surface area is 208 Å². The summed E-state index contributed by atoms with van der Waals surface area (Å²) in [5.41, 5.74) is 2.67. The molecule has 0 heterocycles. The number of nitrogens with one attached hydrogen (secondary N) is 3. The lowest BCUT2D eigenvalue weighted by Gasteiger charge is -2.26. The van der Waals surface area contributed by atoms with E-state index in [1.54, 1.807) is 26.0 Å². The summed E-state index contributed by atoms with van der Waals surface area (Å²) in [5, 5.41) is 16.7. The van der Waals surface area contributed by atoms with Crippen molar-refractivity contribution >= 4 is 52.0 Å². The van der Waals surface area contributed by atoms with Crippen molar-refractivity contribution in [1.82, 2.24) is 21.1 Å². The molecular formula is C24H29ClN4O6. The third-order valence-electron chi connectivity index (χ3n) is 5.21. The molecule has 0 aliphatic carbocycles. The van der Waals surface area contributed by atoms with Gasteiger partial charge in [0.25, 0.3) is 17.7 Å². The molecule has 2 atom stereocenters. The van der Waals surface area contributed by atoms with Crippen LogP contribution < -0.4 is 16.1 Å². The number of hydrogen-bond donors (Lipinski definition) is 4. The van der Waals surface area contributed by atoms with E-state index in [2.05, 4.69) is 16.1 Å². The fourth-order valence-corrected chi connectivity index (χ4v) is 3.36. The van der Waals surface area contributed by atoms with Gasteiger partial charge < -0.3 is 15.7 Å². The van der Waals surface area contributed by atoms with Crippen LogP contribution in [0.5, 0.6) is 0 Å². The molecule has 0 saturated carbocycles. The lowest BCUT2D eigenvalue weighted by Crippen LogP contribution is -2.57. The number of rotatable bonds is 10. The maximum Gasteiger partial charge on any atom is 0.305 e. The molecule has 4 amide bonds. The first-order valence-electron chi connectivity index (χ1n) is 11.0. The Balaban J connectivity index is 2.04. The van der Waals surface area contributed by atoms with Gasteiger partial charge in [-0.3, -0.25) is 34.4 Å². The van der Waals surface area contributed by atoms with Crippen molar-refractivity contribution in [3.63, 3.8) is 0 Å². The van der Waals surface area contributed by atoms with Crippen molar-refractivity contribution < 1.29 is 29.1 Å². The van der Waals surface area contributed by atoms with E-state index in [1.165, 1.54) is 6.92 Å². The summed E-state index contributed by atoms with van der Waals surface area (Å²) in [7, 11) is 0. The largest absolute Gasteiger partial charge is 0.481 e. The predicted molar refractivity (Wildman–Crippen MR) is 130 cm³/mol. The van der Waals surface area contributed by atoms with E-state index in [-0.39, 0.29) is 12.5 Å². The molecule has 2 rings (SSSR count). The summed E-state index contributed by atoms with van der Waals surface area (Å²) in [6, 6.07) is 10.8. The minimum atomic E-state index is -1.16. The Hall–Kier alpha value is -3.66. The minimum Gasteiger partial charge on any atom is -0.481 e. The number of hydrazine groups is 1. The highest BCUT2D eigenvalue weighted by molar-refractivity contribution is 6.27. The summed E-state index contributed by atoms with van der Waals surface area (Å²) in [4.78, 5) is 60.9. The molecular weight excluding hydrogens is 476 g/mol. The van der Waals surface area contributed by atoms with E-state index in [0.29, 0.717) is 5.56 Å². The standard InChI is InChI=1S/C24H29ClN4O6/c1-14(2)21(27-23(34)18-9-8-16-6-4-5-7-17(16)12-18)24(35)26-15(3)22(33)28-29(19(30)13-25)11-10-20(31)32/h4-9,12,14-15,21H,10-11,13H2,1-3H3,(H,26,35)(H,27,34)(H,28,33)(H,31,32)/t15-,21-/m0/s1. The molecule has 0 saturated heterocycles. The van der Waals surface area contributed by atoms with E-state index < -0.39 is 54.0 Å². The van der Waals surface area contributed by atoms with Gasteiger partial charge in [-0.05, 0) is 35.7 Å². The maximum absolute atomic E-state index is 12.9. The molecule has 10 nitrogen and oxygen atoms in total. The zero-order valence-corrected chi connectivity index (χ0v) is 20.5. The van der Waals surface area contributed by atoms with Crippen molar-refractivity contribution in [3.8, 4) is 0 Å². The zero-order valence-electron chi connectivity index (χ0n) is 19.7. The van der Waals surface area contributed by atoms with Gasteiger partial charge in [-0.1, -0.05) is 44.2 Å². The fraction of sp³-hybridized carbons (Fsp3) is 0.375. The Bertz CT molecular complexity index is 1110. The van der Waals surface area contributed by atoms with Gasteiger partial charge in [0.2, 0.25) is 5.91 Å². The number of carboxylic acids is 1. The van der Waals surface area contributed by atoms with Crippen LogP contribution in [-0.4, -0.2) is 64.2 Å². The summed E-state index contributed by atoms with van der Waals surface area (Å²) < 4.78 is 0. The summed E-state index contributed by atoms with van der Waals surface area (Å²) >= 11 is 5.52. The summed E-state index contributed by atoms with van der Waals surface area (Å²) in [5.74, 6) is -4.37. The van der Waals surface area contributed by atoms with Gasteiger partial charge in [-0.2, -0.15) is 0 Å². The molecule has 0 aromatic heterocycles. The fourth-order valence-electron chi connectivity index (χ4n) is 3.21. The second-order valence-electron chi connectivity index (χ2n) is 8.29. The lowest BCUT2D eigenvalue weighted by molar-refractivity contribution is -0.143. The Morgan fingerprint density at radius 2 is 1.60 bits per heavy atom. The monoisotopic (exact) mass is 504 g/mol. The second-order valence-corrected chi connectivity index (χ2v) is 8.55. The third-order valence-corrected chi connectivity index (χ3v) is 5.44. The average molecular weight is 505 g/mol. The van der Waals surface area contributed by atoms with Crippen LogP contribution in [0.1, 0.15) is 37.6 Å². The number of alkyl halides is 1. The van der Waals surface area contributed by atoms with Gasteiger partial charge in [-0.15, -0.1) is 11.6 Å². The summed E-state index contributed by atoms with van der Waals surface area (Å²) in [6.07, 6.45) is -0.403. The highest BCUT2D eigenvalue weighted by Gasteiger charge is 2.28. The van der Waals surface area contributed by atoms with Crippen LogP contribution >= 0.6 is 11.6 Å². The van der Waals surface area contributed by atoms with Gasteiger partial charge in [0.05, 0.1) is 13.0 Å². The number of aliphatic carboxylic acids is 1. The molecule has 0 bridgehead atoms. The Morgan fingerprint density at radius 3 is 2.20 bits per heavy atom. The second kappa shape index (κ2) is 12.7. The molecule has 0 aliphatic rings. The van der Waals surface area contributed by atoms with Crippen LogP contribution in [0.2, 0.25) is 0 Å². The predicted octanol–water partition coefficient (Wildman–Crippen LogP) is 1.67. The van der Waals surface area contributed by atoms with Crippen molar-refractivity contribution in [2.45, 2.75) is 39.3 Å². The van der Waals surface area contributed by atoms with Crippen LogP contribution in [0.25, 0.3) is 10.8 Å². The molecule has 0 aliphatic heterocycles. The molecule has 0 fully saturated rings. The molecule has 0 radical (unpaired) electrons. The van der Waals surface area contributed by atoms with Crippen LogP contribution in [0.4, 0.5) is 0 Å². The lowest BCUT2D eigenvalue weighted by atomic mass is 10.0. The van der Waals surface area contributed by atoms with Crippen molar-refractivity contribution in [3.05, 3.63) is 48.0 Å². The minimum absolute atomic E-state index is 0.288. The van der Waals surface area contributed by atoms with E-state index in [9.17, 15) is 24.0 Å². The Morgan fingerprint density at radius 1 is 0.943 bits per heavy atom. The summed E-state index contributed by atoms with van der Waals surface area (Å²) in [6.45, 7) is 4.62. The SMILES string of the molecule is CC(C)[C@H](NC(=O)c1ccc2ccccc2c1)C(=O)N[C@@H](C)C(=O)NN(CCC(=O)O)C(=O)CCl. The van der Waals surface area contributed by atoms with E-state index in [0.717, 1.165) is 15.8 Å². The third kappa shape index (κ3) is 7.96. The van der Waals surface area contributed by atoms with Gasteiger partial charge in [0.15, 0.2) is 0 Å². The quantitative estimate of drug-likeness (QED) is 0.286. The Kier molecular flexibility index (Phi) is 10.0. The molecule has 35 heavy (non-hydrogen) atoms. The topological polar surface area (TPSA) is 145 Å². The van der Waals surface area contributed by atoms with Gasteiger partial charge in [0, 0.05) is 5.56 Å². The maximum atomic E-state index is 12.9. The molecule has 0 spiro atoms. The highest BCUT2D eigenvalue weighted by Crippen LogP contribution is 2.16. The first kappa shape index (κ1) is 27.6. The molecule has 0 unspecified atom stereocenters. The number of amides is 4. The average Bonchev–Trinajstić information content (AvgIpc) is 2.83. The van der Waals surface area contributed by atoms with Gasteiger partial charge in [0.1, 0.15) is 18.0 Å². The van der Waals surface area contributed by atoms with Crippen LogP contribution in [0.3, 0.4) is 0 Å². The number of carbonyl (C=O) groups is 5.